The van der Waals surface area contributed by atoms with Gasteiger partial charge in [-0.2, -0.15) is 0 Å². The van der Waals surface area contributed by atoms with Crippen molar-refractivity contribution in [3.8, 4) is 0 Å². The molecule has 0 aromatic heterocycles. The lowest BCUT2D eigenvalue weighted by atomic mass is 9.77. The Bertz CT molecular complexity index is 593. The maximum atomic E-state index is 14.1. The summed E-state index contributed by atoms with van der Waals surface area (Å²) < 4.78 is 14.1. The average molecular weight is 269 g/mol. The monoisotopic (exact) mass is 269 g/mol. The van der Waals surface area contributed by atoms with Crippen LogP contribution >= 0.6 is 0 Å². The molecule has 1 fully saturated rings. The SMILES string of the molecule is Cc1cccc(C2CCNCC2c2ccccc2F)c1. The van der Waals surface area contributed by atoms with E-state index in [9.17, 15) is 4.39 Å². The molecule has 0 saturated carbocycles. The van der Waals surface area contributed by atoms with Crippen molar-refractivity contribution in [2.24, 2.45) is 0 Å². The zero-order valence-corrected chi connectivity index (χ0v) is 11.8. The van der Waals surface area contributed by atoms with E-state index in [0.717, 1.165) is 25.1 Å². The molecule has 0 amide bonds. The highest BCUT2D eigenvalue weighted by Gasteiger charge is 2.29. The van der Waals surface area contributed by atoms with Crippen LogP contribution in [0, 0.1) is 12.7 Å². The second-order valence-electron chi connectivity index (χ2n) is 5.64. The molecule has 2 aromatic rings. The van der Waals surface area contributed by atoms with Gasteiger partial charge < -0.3 is 5.32 Å². The van der Waals surface area contributed by atoms with Gasteiger partial charge >= 0.3 is 0 Å². The van der Waals surface area contributed by atoms with Crippen molar-refractivity contribution in [2.45, 2.75) is 25.2 Å². The van der Waals surface area contributed by atoms with E-state index in [1.807, 2.05) is 12.1 Å². The Morgan fingerprint density at radius 3 is 2.70 bits per heavy atom. The number of aryl methyl sites for hydroxylation is 1. The van der Waals surface area contributed by atoms with E-state index in [1.54, 1.807) is 12.1 Å². The fraction of sp³-hybridized carbons (Fsp3) is 0.333. The molecule has 0 radical (unpaired) electrons. The lowest BCUT2D eigenvalue weighted by Gasteiger charge is -2.33. The van der Waals surface area contributed by atoms with Gasteiger partial charge in [0.05, 0.1) is 0 Å². The summed E-state index contributed by atoms with van der Waals surface area (Å²) in [7, 11) is 0. The first kappa shape index (κ1) is 13.3. The first-order chi connectivity index (χ1) is 9.75. The quantitative estimate of drug-likeness (QED) is 0.869. The zero-order valence-electron chi connectivity index (χ0n) is 11.8. The molecule has 0 aliphatic carbocycles. The Balaban J connectivity index is 1.98. The molecule has 2 heteroatoms. The minimum Gasteiger partial charge on any atom is -0.316 e. The Morgan fingerprint density at radius 1 is 1.05 bits per heavy atom. The summed E-state index contributed by atoms with van der Waals surface area (Å²) in [5.74, 6) is 0.527. The molecular formula is C18H20FN. The van der Waals surface area contributed by atoms with Crippen LogP contribution in [0.4, 0.5) is 4.39 Å². The summed E-state index contributed by atoms with van der Waals surface area (Å²) in [6, 6.07) is 15.8. The fourth-order valence-electron chi connectivity index (χ4n) is 3.26. The van der Waals surface area contributed by atoms with Gasteiger partial charge in [-0.15, -0.1) is 0 Å². The van der Waals surface area contributed by atoms with Crippen molar-refractivity contribution in [1.29, 1.82) is 0 Å². The van der Waals surface area contributed by atoms with Crippen molar-refractivity contribution in [3.05, 3.63) is 71.0 Å². The van der Waals surface area contributed by atoms with Gasteiger partial charge in [0.25, 0.3) is 0 Å². The van der Waals surface area contributed by atoms with E-state index in [4.69, 9.17) is 0 Å². The molecule has 1 heterocycles. The van der Waals surface area contributed by atoms with Crippen molar-refractivity contribution >= 4 is 0 Å². The maximum Gasteiger partial charge on any atom is 0.126 e. The fourth-order valence-corrected chi connectivity index (χ4v) is 3.26. The van der Waals surface area contributed by atoms with Gasteiger partial charge in [-0.05, 0) is 43.0 Å². The smallest absolute Gasteiger partial charge is 0.126 e. The molecule has 1 nitrogen and oxygen atoms in total. The van der Waals surface area contributed by atoms with Crippen molar-refractivity contribution in [3.63, 3.8) is 0 Å². The Morgan fingerprint density at radius 2 is 1.90 bits per heavy atom. The summed E-state index contributed by atoms with van der Waals surface area (Å²) in [4.78, 5) is 0. The molecule has 1 aliphatic rings. The highest BCUT2D eigenvalue weighted by atomic mass is 19.1. The van der Waals surface area contributed by atoms with Crippen molar-refractivity contribution < 1.29 is 4.39 Å². The maximum absolute atomic E-state index is 14.1. The van der Waals surface area contributed by atoms with Crippen molar-refractivity contribution in [1.82, 2.24) is 5.32 Å². The summed E-state index contributed by atoms with van der Waals surface area (Å²) in [6.45, 7) is 3.96. The van der Waals surface area contributed by atoms with Crippen LogP contribution in [0.5, 0.6) is 0 Å². The third-order valence-corrected chi connectivity index (χ3v) is 4.26. The molecule has 20 heavy (non-hydrogen) atoms. The molecule has 104 valence electrons. The van der Waals surface area contributed by atoms with Gasteiger partial charge in [0.1, 0.15) is 5.82 Å². The van der Waals surface area contributed by atoms with Crippen LogP contribution < -0.4 is 5.32 Å². The third-order valence-electron chi connectivity index (χ3n) is 4.26. The largest absolute Gasteiger partial charge is 0.316 e. The number of hydrogen-bond donors (Lipinski definition) is 1. The van der Waals surface area contributed by atoms with Crippen LogP contribution in [0.2, 0.25) is 0 Å². The van der Waals surface area contributed by atoms with Gasteiger partial charge in [0.2, 0.25) is 0 Å². The van der Waals surface area contributed by atoms with E-state index in [2.05, 4.69) is 36.5 Å². The average Bonchev–Trinajstić information content (AvgIpc) is 2.48. The Labute approximate surface area is 119 Å². The number of nitrogens with one attached hydrogen (secondary N) is 1. The summed E-state index contributed by atoms with van der Waals surface area (Å²) in [6.07, 6.45) is 1.06. The van der Waals surface area contributed by atoms with Crippen LogP contribution in [0.3, 0.4) is 0 Å². The van der Waals surface area contributed by atoms with Crippen LogP contribution in [-0.4, -0.2) is 13.1 Å². The predicted octanol–water partition coefficient (Wildman–Crippen LogP) is 3.99. The predicted molar refractivity (Wildman–Crippen MR) is 80.5 cm³/mol. The molecule has 1 N–H and O–H groups in total. The second kappa shape index (κ2) is 5.76. The lowest BCUT2D eigenvalue weighted by molar-refractivity contribution is 0.393. The van der Waals surface area contributed by atoms with E-state index in [-0.39, 0.29) is 11.7 Å². The number of hydrogen-bond acceptors (Lipinski definition) is 1. The molecule has 2 atom stereocenters. The molecule has 0 bridgehead atoms. The number of piperidine rings is 1. The second-order valence-corrected chi connectivity index (χ2v) is 5.64. The summed E-state index contributed by atoms with van der Waals surface area (Å²) in [5.41, 5.74) is 3.44. The normalized spacial score (nSPS) is 22.7. The molecule has 2 unspecified atom stereocenters. The first-order valence-corrected chi connectivity index (χ1v) is 7.27. The van der Waals surface area contributed by atoms with E-state index < -0.39 is 0 Å². The molecule has 2 aromatic carbocycles. The third kappa shape index (κ3) is 2.61. The molecule has 1 aliphatic heterocycles. The first-order valence-electron chi connectivity index (χ1n) is 7.27. The van der Waals surface area contributed by atoms with Crippen molar-refractivity contribution in [2.75, 3.05) is 13.1 Å². The van der Waals surface area contributed by atoms with Gasteiger partial charge in [0, 0.05) is 12.5 Å². The molecular weight excluding hydrogens is 249 g/mol. The lowest BCUT2D eigenvalue weighted by Crippen LogP contribution is -2.34. The van der Waals surface area contributed by atoms with Crippen LogP contribution in [-0.2, 0) is 0 Å². The van der Waals surface area contributed by atoms with E-state index >= 15 is 0 Å². The molecule has 3 rings (SSSR count). The molecule has 1 saturated heterocycles. The summed E-state index contributed by atoms with van der Waals surface area (Å²) >= 11 is 0. The Kier molecular flexibility index (Phi) is 3.83. The minimum absolute atomic E-state index is 0.0844. The van der Waals surface area contributed by atoms with Crippen LogP contribution in [0.1, 0.15) is 34.9 Å². The number of benzene rings is 2. The molecule has 0 spiro atoms. The number of rotatable bonds is 2. The Hall–Kier alpha value is -1.67. The highest BCUT2D eigenvalue weighted by Crippen LogP contribution is 2.38. The van der Waals surface area contributed by atoms with Crippen LogP contribution in [0.25, 0.3) is 0 Å². The van der Waals surface area contributed by atoms with E-state index in [1.165, 1.54) is 11.1 Å². The van der Waals surface area contributed by atoms with Crippen LogP contribution in [0.15, 0.2) is 48.5 Å². The van der Waals surface area contributed by atoms with E-state index in [0.29, 0.717) is 5.92 Å². The summed E-state index contributed by atoms with van der Waals surface area (Å²) in [5, 5.41) is 3.41. The standard InChI is InChI=1S/C18H20FN/c1-13-5-4-6-14(11-13)15-9-10-20-12-17(15)16-7-2-3-8-18(16)19/h2-8,11,15,17,20H,9-10,12H2,1H3. The minimum atomic E-state index is -0.0844. The van der Waals surface area contributed by atoms with Gasteiger partial charge in [-0.1, -0.05) is 48.0 Å². The zero-order chi connectivity index (χ0) is 13.9. The number of halogens is 1. The highest BCUT2D eigenvalue weighted by molar-refractivity contribution is 5.32. The topological polar surface area (TPSA) is 12.0 Å². The van der Waals surface area contributed by atoms with Gasteiger partial charge in [-0.25, -0.2) is 4.39 Å². The van der Waals surface area contributed by atoms with Gasteiger partial charge in [0.15, 0.2) is 0 Å². The van der Waals surface area contributed by atoms with Gasteiger partial charge in [-0.3, -0.25) is 0 Å².